The molecule has 1 saturated heterocycles. The van der Waals surface area contributed by atoms with Crippen LogP contribution in [-0.4, -0.2) is 78.7 Å². The van der Waals surface area contributed by atoms with Crippen molar-refractivity contribution in [2.75, 3.05) is 13.7 Å². The van der Waals surface area contributed by atoms with Gasteiger partial charge >= 0.3 is 0 Å². The predicted molar refractivity (Wildman–Crippen MR) is 202 cm³/mol. The summed E-state index contributed by atoms with van der Waals surface area (Å²) < 4.78 is 39.8. The highest BCUT2D eigenvalue weighted by Gasteiger charge is 2.62. The number of benzene rings is 2. The van der Waals surface area contributed by atoms with Gasteiger partial charge in [0, 0.05) is 35.4 Å². The molecule has 0 radical (unpaired) electrons. The second-order valence-electron chi connectivity index (χ2n) is 13.9. The van der Waals surface area contributed by atoms with E-state index in [1.807, 2.05) is 66.7 Å². The summed E-state index contributed by atoms with van der Waals surface area (Å²) >= 11 is 0. The lowest BCUT2D eigenvalue weighted by molar-refractivity contribution is -0.140. The number of hydrogen-bond donors (Lipinski definition) is 3. The monoisotopic (exact) mass is 773 g/mol. The zero-order valence-corrected chi connectivity index (χ0v) is 31.3. The van der Waals surface area contributed by atoms with E-state index in [1.165, 1.54) is 4.90 Å². The van der Waals surface area contributed by atoms with Crippen molar-refractivity contribution in [1.29, 1.82) is 0 Å². The number of nitrogens with one attached hydrogen (secondary N) is 2. The summed E-state index contributed by atoms with van der Waals surface area (Å²) in [6.45, 7) is 0.101. The van der Waals surface area contributed by atoms with Gasteiger partial charge in [0.05, 0.1) is 36.2 Å². The largest absolute Gasteiger partial charge is 0.497 e. The average Bonchev–Trinajstić information content (AvgIpc) is 4.04. The maximum Gasteiger partial charge on any atom is 0.259 e. The Labute approximate surface area is 316 Å². The van der Waals surface area contributed by atoms with Crippen LogP contribution >= 0.6 is 24.8 Å². The van der Waals surface area contributed by atoms with Gasteiger partial charge in [0.1, 0.15) is 29.2 Å². The van der Waals surface area contributed by atoms with Crippen molar-refractivity contribution in [3.05, 3.63) is 66.7 Å². The summed E-state index contributed by atoms with van der Waals surface area (Å²) in [5, 5.41) is 3.05. The highest BCUT2D eigenvalue weighted by molar-refractivity contribution is 7.91. The van der Waals surface area contributed by atoms with Gasteiger partial charge < -0.3 is 25.4 Å². The maximum atomic E-state index is 14.2. The average molecular weight is 775 g/mol. The molecule has 1 aromatic heterocycles. The minimum atomic E-state index is -3.84. The Morgan fingerprint density at radius 3 is 2.54 bits per heavy atom. The normalized spacial score (nSPS) is 26.9. The topological polar surface area (TPSA) is 170 Å². The molecular formula is C37H45Cl2N5O7S. The van der Waals surface area contributed by atoms with Crippen LogP contribution in [0.2, 0.25) is 0 Å². The molecule has 2 saturated carbocycles. The Hall–Kier alpha value is -3.91. The number of methoxy groups -OCH3 is 1. The first-order valence-corrected chi connectivity index (χ1v) is 18.9. The molecule has 2 aliphatic carbocycles. The van der Waals surface area contributed by atoms with Crippen molar-refractivity contribution in [3.8, 4) is 22.8 Å². The van der Waals surface area contributed by atoms with Gasteiger partial charge in [-0.2, -0.15) is 0 Å². The first kappa shape index (κ1) is 39.3. The molecule has 280 valence electrons. The molecule has 0 bridgehead atoms. The molecule has 52 heavy (non-hydrogen) atoms. The number of aromatic nitrogens is 1. The minimum absolute atomic E-state index is 0. The van der Waals surface area contributed by atoms with E-state index in [1.54, 1.807) is 7.11 Å². The van der Waals surface area contributed by atoms with Crippen LogP contribution < -0.4 is 25.2 Å². The number of rotatable bonds is 7. The van der Waals surface area contributed by atoms with Crippen LogP contribution in [0, 0.1) is 5.92 Å². The molecule has 3 amide bonds. The van der Waals surface area contributed by atoms with Crippen LogP contribution in [0.4, 0.5) is 0 Å². The lowest BCUT2D eigenvalue weighted by Crippen LogP contribution is -2.57. The zero-order chi connectivity index (χ0) is 35.0. The summed E-state index contributed by atoms with van der Waals surface area (Å²) in [4.78, 5) is 48.0. The number of halogens is 2. The number of carbonyl (C=O) groups is 3. The number of fused-ring (bicyclic) bond motifs is 3. The third-order valence-electron chi connectivity index (χ3n) is 10.2. The van der Waals surface area contributed by atoms with Crippen molar-refractivity contribution in [2.45, 2.75) is 86.8 Å². The Bertz CT molecular complexity index is 1950. The number of nitrogens with two attached hydrogens (primary N) is 1. The van der Waals surface area contributed by atoms with E-state index in [0.29, 0.717) is 42.0 Å². The Balaban J connectivity index is 0.00000261. The van der Waals surface area contributed by atoms with Gasteiger partial charge in [-0.15, -0.1) is 24.8 Å². The highest BCUT2D eigenvalue weighted by atomic mass is 35.5. The summed E-state index contributed by atoms with van der Waals surface area (Å²) in [7, 11) is -2.25. The standard InChI is InChI=1S/C37H43N5O7S.2ClH/c1-48-25-14-17-28-31(18-25)39-30(23-10-6-5-7-11-23)20-33(28)49-26-19-32-34(43)40-37(36(45)41-50(46,47)27-15-16-27)21-24(37)12-8-3-2-4-9-13-29(38)35(44)42(32)22-26;;/h5-8,10-12,14,17-18,20,24,26-27,29,32H,2-4,9,13,15-16,19,21-22,38H2,1H3,(H,40,43)(H,41,45);2*1H/b12-8-;;/t24?,26-,29+,32+,37-;;/m1../s1. The molecule has 5 atom stereocenters. The second kappa shape index (κ2) is 16.0. The van der Waals surface area contributed by atoms with Crippen LogP contribution in [0.1, 0.15) is 57.8 Å². The lowest BCUT2D eigenvalue weighted by atomic mass is 10.1. The molecule has 15 heteroatoms. The third kappa shape index (κ3) is 8.17. The van der Waals surface area contributed by atoms with E-state index in [4.69, 9.17) is 20.2 Å². The quantitative estimate of drug-likeness (QED) is 0.294. The van der Waals surface area contributed by atoms with Crippen LogP contribution in [-0.2, 0) is 24.4 Å². The number of nitrogens with zero attached hydrogens (tertiary/aromatic N) is 2. The fraction of sp³-hybridized carbons (Fsp3) is 0.459. The lowest BCUT2D eigenvalue weighted by Gasteiger charge is -2.28. The fourth-order valence-corrected chi connectivity index (χ4v) is 8.44. The molecule has 1 unspecified atom stereocenters. The van der Waals surface area contributed by atoms with E-state index >= 15 is 0 Å². The molecule has 3 heterocycles. The number of carbonyl (C=O) groups excluding carboxylic acids is 3. The Morgan fingerprint density at radius 2 is 1.81 bits per heavy atom. The van der Waals surface area contributed by atoms with Gasteiger partial charge in [0.25, 0.3) is 5.91 Å². The molecule has 7 rings (SSSR count). The number of pyridine rings is 1. The predicted octanol–water partition coefficient (Wildman–Crippen LogP) is 4.43. The van der Waals surface area contributed by atoms with Crippen LogP contribution in [0.15, 0.2) is 66.7 Å². The van der Waals surface area contributed by atoms with Crippen molar-refractivity contribution in [1.82, 2.24) is 19.9 Å². The first-order valence-electron chi connectivity index (χ1n) is 17.4. The van der Waals surface area contributed by atoms with Crippen LogP contribution in [0.3, 0.4) is 0 Å². The summed E-state index contributed by atoms with van der Waals surface area (Å²) in [6, 6.07) is 15.3. The number of ether oxygens (including phenoxy) is 2. The summed E-state index contributed by atoms with van der Waals surface area (Å²) in [5.74, 6) is -0.849. The molecule has 3 fully saturated rings. The smallest absolute Gasteiger partial charge is 0.259 e. The SMILES string of the molecule is COc1ccc2c(O[C@@H]3C[C@H]4C(=O)N[C@]5(C(=O)NS(=O)(=O)C6CC6)CC5/C=C\CCCCC[C@H](N)C(=O)N4C3)cc(-c3ccccc3)nc2c1.Cl.Cl. The molecule has 12 nitrogen and oxygen atoms in total. The first-order chi connectivity index (χ1) is 24.1. The van der Waals surface area contributed by atoms with E-state index in [-0.39, 0.29) is 56.0 Å². The van der Waals surface area contributed by atoms with Gasteiger partial charge in [0.2, 0.25) is 21.8 Å². The Morgan fingerprint density at radius 1 is 1.04 bits per heavy atom. The van der Waals surface area contributed by atoms with E-state index < -0.39 is 50.8 Å². The van der Waals surface area contributed by atoms with Gasteiger partial charge in [-0.25, -0.2) is 13.4 Å². The van der Waals surface area contributed by atoms with E-state index in [2.05, 4.69) is 10.0 Å². The Kier molecular flexibility index (Phi) is 12.1. The fourth-order valence-electron chi connectivity index (χ4n) is 7.08. The van der Waals surface area contributed by atoms with E-state index in [0.717, 1.165) is 36.6 Å². The molecule has 0 spiro atoms. The molecule has 2 aromatic carbocycles. The second-order valence-corrected chi connectivity index (χ2v) is 15.8. The molecular weight excluding hydrogens is 729 g/mol. The molecule has 4 aliphatic rings. The van der Waals surface area contributed by atoms with Crippen molar-refractivity contribution in [3.63, 3.8) is 0 Å². The van der Waals surface area contributed by atoms with Gasteiger partial charge in [-0.05, 0) is 50.7 Å². The zero-order valence-electron chi connectivity index (χ0n) is 28.9. The van der Waals surface area contributed by atoms with Crippen molar-refractivity contribution < 1.29 is 32.3 Å². The van der Waals surface area contributed by atoms with Crippen molar-refractivity contribution in [2.24, 2.45) is 11.7 Å². The van der Waals surface area contributed by atoms with Gasteiger partial charge in [-0.3, -0.25) is 19.1 Å². The van der Waals surface area contributed by atoms with Crippen molar-refractivity contribution >= 4 is 63.5 Å². The number of allylic oxidation sites excluding steroid dienone is 1. The van der Waals surface area contributed by atoms with Crippen LogP contribution in [0.25, 0.3) is 22.2 Å². The number of amides is 3. The maximum absolute atomic E-state index is 14.2. The number of sulfonamides is 1. The molecule has 4 N–H and O–H groups in total. The summed E-state index contributed by atoms with van der Waals surface area (Å²) in [6.07, 6.45) is 8.44. The molecule has 3 aromatic rings. The minimum Gasteiger partial charge on any atom is -0.497 e. The van der Waals surface area contributed by atoms with Crippen LogP contribution in [0.5, 0.6) is 11.5 Å². The van der Waals surface area contributed by atoms with Gasteiger partial charge in [-0.1, -0.05) is 55.3 Å². The summed E-state index contributed by atoms with van der Waals surface area (Å²) in [5.41, 5.74) is 7.23. The highest BCUT2D eigenvalue weighted by Crippen LogP contribution is 2.46. The number of hydrogen-bond acceptors (Lipinski definition) is 9. The third-order valence-corrected chi connectivity index (χ3v) is 12.0. The molecule has 2 aliphatic heterocycles. The van der Waals surface area contributed by atoms with Gasteiger partial charge in [0.15, 0.2) is 0 Å². The van der Waals surface area contributed by atoms with E-state index in [9.17, 15) is 22.8 Å².